The number of rotatable bonds is 5. The number of hydrogen-bond donors (Lipinski definition) is 2. The van der Waals surface area contributed by atoms with Gasteiger partial charge < -0.3 is 20.5 Å². The highest BCUT2D eigenvalue weighted by Gasteiger charge is 2.41. The van der Waals surface area contributed by atoms with Gasteiger partial charge in [-0.15, -0.1) is 0 Å². The van der Waals surface area contributed by atoms with Crippen LogP contribution in [0.25, 0.3) is 0 Å². The summed E-state index contributed by atoms with van der Waals surface area (Å²) in [5.74, 6) is -1.26. The second-order valence-electron chi connectivity index (χ2n) is 4.85. The Morgan fingerprint density at radius 1 is 1.56 bits per heavy atom. The van der Waals surface area contributed by atoms with E-state index < -0.39 is 18.1 Å². The van der Waals surface area contributed by atoms with E-state index >= 15 is 0 Å². The van der Waals surface area contributed by atoms with Crippen LogP contribution in [0.3, 0.4) is 0 Å². The third-order valence-corrected chi connectivity index (χ3v) is 3.71. The first-order chi connectivity index (χ1) is 8.42. The minimum absolute atomic E-state index is 0.0357. The van der Waals surface area contributed by atoms with Gasteiger partial charge in [-0.2, -0.15) is 0 Å². The van der Waals surface area contributed by atoms with Crippen molar-refractivity contribution in [1.82, 2.24) is 4.90 Å². The molecule has 18 heavy (non-hydrogen) atoms. The molecule has 4 atom stereocenters. The Bertz CT molecular complexity index is 321. The maximum Gasteiger partial charge on any atom is 0.326 e. The highest BCUT2D eigenvalue weighted by Crippen LogP contribution is 2.22. The van der Waals surface area contributed by atoms with Gasteiger partial charge in [0.2, 0.25) is 5.91 Å². The van der Waals surface area contributed by atoms with Gasteiger partial charge in [0.25, 0.3) is 0 Å². The van der Waals surface area contributed by atoms with E-state index in [2.05, 4.69) is 0 Å². The zero-order valence-electron chi connectivity index (χ0n) is 11.1. The third-order valence-electron chi connectivity index (χ3n) is 3.71. The zero-order valence-corrected chi connectivity index (χ0v) is 11.1. The number of methoxy groups -OCH3 is 1. The fourth-order valence-corrected chi connectivity index (χ4v) is 2.13. The van der Waals surface area contributed by atoms with Crippen molar-refractivity contribution in [2.75, 3.05) is 13.7 Å². The molecule has 1 heterocycles. The molecule has 1 fully saturated rings. The summed E-state index contributed by atoms with van der Waals surface area (Å²) >= 11 is 0. The summed E-state index contributed by atoms with van der Waals surface area (Å²) in [6, 6.07) is -1.47. The van der Waals surface area contributed by atoms with Crippen LogP contribution in [-0.4, -0.2) is 53.7 Å². The van der Waals surface area contributed by atoms with Crippen molar-refractivity contribution in [3.63, 3.8) is 0 Å². The molecule has 1 aliphatic rings. The van der Waals surface area contributed by atoms with Crippen LogP contribution in [0.15, 0.2) is 0 Å². The number of carbonyl (C=O) groups excluding carboxylic acids is 1. The van der Waals surface area contributed by atoms with Gasteiger partial charge in [0.05, 0.1) is 12.1 Å². The monoisotopic (exact) mass is 258 g/mol. The summed E-state index contributed by atoms with van der Waals surface area (Å²) in [6.07, 6.45) is 0.885. The number of amides is 1. The first kappa shape index (κ1) is 14.9. The van der Waals surface area contributed by atoms with Crippen molar-refractivity contribution in [2.24, 2.45) is 11.7 Å². The number of aliphatic carboxylic acids is 1. The van der Waals surface area contributed by atoms with Crippen LogP contribution < -0.4 is 5.73 Å². The maximum atomic E-state index is 12.2. The Balaban J connectivity index is 2.79. The predicted molar refractivity (Wildman–Crippen MR) is 66.0 cm³/mol. The second-order valence-corrected chi connectivity index (χ2v) is 4.85. The summed E-state index contributed by atoms with van der Waals surface area (Å²) in [6.45, 7) is 4.15. The molecule has 1 saturated heterocycles. The molecule has 0 spiro atoms. The normalized spacial score (nSPS) is 27.0. The van der Waals surface area contributed by atoms with E-state index in [4.69, 9.17) is 15.6 Å². The Kier molecular flexibility index (Phi) is 5.10. The highest BCUT2D eigenvalue weighted by molar-refractivity contribution is 5.87. The van der Waals surface area contributed by atoms with Crippen LogP contribution in [0.4, 0.5) is 0 Å². The molecule has 104 valence electrons. The first-order valence-corrected chi connectivity index (χ1v) is 6.24. The quantitative estimate of drug-likeness (QED) is 0.727. The molecule has 3 N–H and O–H groups in total. The van der Waals surface area contributed by atoms with E-state index in [1.54, 1.807) is 0 Å². The fraction of sp³-hybridized carbons (Fsp3) is 0.833. The van der Waals surface area contributed by atoms with Crippen molar-refractivity contribution in [2.45, 2.75) is 44.9 Å². The average Bonchev–Trinajstić information content (AvgIpc) is 2.80. The van der Waals surface area contributed by atoms with E-state index in [1.165, 1.54) is 12.0 Å². The van der Waals surface area contributed by atoms with E-state index in [-0.39, 0.29) is 17.9 Å². The van der Waals surface area contributed by atoms with Gasteiger partial charge in [-0.1, -0.05) is 20.3 Å². The average molecular weight is 258 g/mol. The van der Waals surface area contributed by atoms with Crippen LogP contribution in [-0.2, 0) is 14.3 Å². The van der Waals surface area contributed by atoms with Crippen molar-refractivity contribution in [1.29, 1.82) is 0 Å². The second kappa shape index (κ2) is 6.15. The standard InChI is InChI=1S/C12H22N2O4/c1-4-7(2)10(13)11(15)14-6-8(18-3)5-9(14)12(16)17/h7-10H,4-6,13H2,1-3H3,(H,16,17)/t7-,8?,9?,10-/m0/s1. The summed E-state index contributed by atoms with van der Waals surface area (Å²) in [4.78, 5) is 24.7. The largest absolute Gasteiger partial charge is 0.480 e. The summed E-state index contributed by atoms with van der Waals surface area (Å²) < 4.78 is 5.14. The molecule has 1 aliphatic heterocycles. The number of nitrogens with two attached hydrogens (primary N) is 1. The van der Waals surface area contributed by atoms with Gasteiger partial charge >= 0.3 is 5.97 Å². The third kappa shape index (κ3) is 3.00. The fourth-order valence-electron chi connectivity index (χ4n) is 2.13. The van der Waals surface area contributed by atoms with E-state index in [9.17, 15) is 9.59 Å². The summed E-state index contributed by atoms with van der Waals surface area (Å²) in [5.41, 5.74) is 5.88. The molecule has 6 heteroatoms. The lowest BCUT2D eigenvalue weighted by atomic mass is 9.98. The molecule has 1 amide bonds. The Hall–Kier alpha value is -1.14. The molecular weight excluding hydrogens is 236 g/mol. The molecule has 6 nitrogen and oxygen atoms in total. The summed E-state index contributed by atoms with van der Waals surface area (Å²) in [5, 5.41) is 9.13. The lowest BCUT2D eigenvalue weighted by molar-refractivity contribution is -0.149. The Morgan fingerprint density at radius 3 is 2.61 bits per heavy atom. The van der Waals surface area contributed by atoms with E-state index in [0.29, 0.717) is 13.0 Å². The van der Waals surface area contributed by atoms with Gasteiger partial charge in [0, 0.05) is 20.1 Å². The van der Waals surface area contributed by atoms with Gasteiger partial charge in [-0.3, -0.25) is 4.79 Å². The van der Waals surface area contributed by atoms with E-state index in [0.717, 1.165) is 6.42 Å². The van der Waals surface area contributed by atoms with Crippen LogP contribution in [0.5, 0.6) is 0 Å². The molecular formula is C12H22N2O4. The number of carbonyl (C=O) groups is 2. The van der Waals surface area contributed by atoms with Gasteiger partial charge in [-0.25, -0.2) is 4.79 Å². The molecule has 0 aromatic carbocycles. The summed E-state index contributed by atoms with van der Waals surface area (Å²) in [7, 11) is 1.52. The number of carboxylic acid groups (broad SMARTS) is 1. The topological polar surface area (TPSA) is 92.9 Å². The molecule has 0 aliphatic carbocycles. The molecule has 2 unspecified atom stereocenters. The highest BCUT2D eigenvalue weighted by atomic mass is 16.5. The maximum absolute atomic E-state index is 12.2. The van der Waals surface area contributed by atoms with E-state index in [1.807, 2.05) is 13.8 Å². The van der Waals surface area contributed by atoms with Gasteiger partial charge in [0.15, 0.2) is 0 Å². The Morgan fingerprint density at radius 2 is 2.17 bits per heavy atom. The molecule has 0 bridgehead atoms. The van der Waals surface area contributed by atoms with Crippen molar-refractivity contribution in [3.8, 4) is 0 Å². The molecule has 0 radical (unpaired) electrons. The van der Waals surface area contributed by atoms with Crippen molar-refractivity contribution in [3.05, 3.63) is 0 Å². The Labute approximate surface area is 107 Å². The lowest BCUT2D eigenvalue weighted by Crippen LogP contribution is -2.50. The van der Waals surface area contributed by atoms with Crippen LogP contribution >= 0.6 is 0 Å². The molecule has 0 aromatic rings. The smallest absolute Gasteiger partial charge is 0.326 e. The SMILES string of the molecule is CC[C@H](C)[C@H](N)C(=O)N1CC(OC)CC1C(=O)O. The first-order valence-electron chi connectivity index (χ1n) is 6.24. The number of likely N-dealkylation sites (tertiary alicyclic amines) is 1. The lowest BCUT2D eigenvalue weighted by Gasteiger charge is -2.27. The van der Waals surface area contributed by atoms with Gasteiger partial charge in [0.1, 0.15) is 6.04 Å². The van der Waals surface area contributed by atoms with Crippen molar-refractivity contribution < 1.29 is 19.4 Å². The minimum atomic E-state index is -1.00. The number of ether oxygens (including phenoxy) is 1. The zero-order chi connectivity index (χ0) is 13.9. The minimum Gasteiger partial charge on any atom is -0.480 e. The van der Waals surface area contributed by atoms with Crippen LogP contribution in [0, 0.1) is 5.92 Å². The number of hydrogen-bond acceptors (Lipinski definition) is 4. The number of nitrogens with zero attached hydrogens (tertiary/aromatic N) is 1. The van der Waals surface area contributed by atoms with Crippen LogP contribution in [0.1, 0.15) is 26.7 Å². The molecule has 0 saturated carbocycles. The van der Waals surface area contributed by atoms with Gasteiger partial charge in [-0.05, 0) is 5.92 Å². The van der Waals surface area contributed by atoms with Crippen molar-refractivity contribution >= 4 is 11.9 Å². The number of carboxylic acids is 1. The molecule has 1 rings (SSSR count). The van der Waals surface area contributed by atoms with Crippen LogP contribution in [0.2, 0.25) is 0 Å². The predicted octanol–water partition coefficient (Wildman–Crippen LogP) is 0.0603. The molecule has 0 aromatic heterocycles.